The monoisotopic (exact) mass is 252 g/mol. The predicted octanol–water partition coefficient (Wildman–Crippen LogP) is 2.43. The molecule has 5 heteroatoms. The molecule has 1 aromatic heterocycles. The molecule has 100 valence electrons. The third-order valence-electron chi connectivity index (χ3n) is 3.69. The first-order valence-electron chi connectivity index (χ1n) is 6.49. The fourth-order valence-electron chi connectivity index (χ4n) is 2.57. The number of carboxylic acids is 1. The van der Waals surface area contributed by atoms with Crippen LogP contribution in [0.5, 0.6) is 0 Å². The molecule has 0 radical (unpaired) electrons. The van der Waals surface area contributed by atoms with Crippen molar-refractivity contribution in [1.82, 2.24) is 10.5 Å². The number of carbonyl (C=O) groups is 1. The van der Waals surface area contributed by atoms with Crippen molar-refractivity contribution in [1.29, 1.82) is 0 Å². The summed E-state index contributed by atoms with van der Waals surface area (Å²) < 4.78 is 4.95. The zero-order chi connectivity index (χ0) is 13.0. The van der Waals surface area contributed by atoms with Crippen molar-refractivity contribution in [3.63, 3.8) is 0 Å². The molecule has 0 aromatic carbocycles. The molecule has 1 aromatic rings. The predicted molar refractivity (Wildman–Crippen MR) is 66.4 cm³/mol. The van der Waals surface area contributed by atoms with Crippen molar-refractivity contribution < 1.29 is 14.4 Å². The lowest BCUT2D eigenvalue weighted by atomic mass is 9.76. The molecule has 0 amide bonds. The van der Waals surface area contributed by atoms with Crippen molar-refractivity contribution in [2.24, 2.45) is 5.41 Å². The SMILES string of the molecule is CC1(CNCc2cc(C(=O)O)no2)CCCCC1. The Kier molecular flexibility index (Phi) is 4.01. The Labute approximate surface area is 107 Å². The van der Waals surface area contributed by atoms with Crippen molar-refractivity contribution in [3.05, 3.63) is 17.5 Å². The van der Waals surface area contributed by atoms with E-state index in [0.29, 0.717) is 17.7 Å². The second kappa shape index (κ2) is 5.52. The van der Waals surface area contributed by atoms with E-state index >= 15 is 0 Å². The van der Waals surface area contributed by atoms with Crippen LogP contribution in [0.1, 0.15) is 55.3 Å². The number of aromatic nitrogens is 1. The molecule has 2 rings (SSSR count). The van der Waals surface area contributed by atoms with E-state index in [4.69, 9.17) is 9.63 Å². The van der Waals surface area contributed by atoms with E-state index in [1.165, 1.54) is 38.2 Å². The van der Waals surface area contributed by atoms with E-state index in [0.717, 1.165) is 6.54 Å². The Morgan fingerprint density at radius 3 is 2.83 bits per heavy atom. The molecular weight excluding hydrogens is 232 g/mol. The number of nitrogens with zero attached hydrogens (tertiary/aromatic N) is 1. The van der Waals surface area contributed by atoms with E-state index in [1.807, 2.05) is 0 Å². The lowest BCUT2D eigenvalue weighted by Gasteiger charge is -2.33. The molecule has 1 heterocycles. The molecule has 1 aliphatic rings. The smallest absolute Gasteiger partial charge is 0.358 e. The van der Waals surface area contributed by atoms with Crippen LogP contribution < -0.4 is 5.32 Å². The number of rotatable bonds is 5. The number of hydrogen-bond donors (Lipinski definition) is 2. The third-order valence-corrected chi connectivity index (χ3v) is 3.69. The van der Waals surface area contributed by atoms with Gasteiger partial charge < -0.3 is 14.9 Å². The van der Waals surface area contributed by atoms with Gasteiger partial charge in [0.1, 0.15) is 0 Å². The molecule has 1 saturated carbocycles. The average molecular weight is 252 g/mol. The molecule has 2 N–H and O–H groups in total. The van der Waals surface area contributed by atoms with Crippen LogP contribution in [-0.2, 0) is 6.54 Å². The molecule has 1 fully saturated rings. The second-order valence-electron chi connectivity index (χ2n) is 5.46. The van der Waals surface area contributed by atoms with Gasteiger partial charge in [0, 0.05) is 12.6 Å². The van der Waals surface area contributed by atoms with Crippen molar-refractivity contribution in [2.75, 3.05) is 6.54 Å². The highest BCUT2D eigenvalue weighted by Gasteiger charge is 2.26. The van der Waals surface area contributed by atoms with Crippen LogP contribution in [0.25, 0.3) is 0 Å². The van der Waals surface area contributed by atoms with E-state index in [1.54, 1.807) is 0 Å². The van der Waals surface area contributed by atoms with Crippen LogP contribution in [-0.4, -0.2) is 22.8 Å². The molecule has 5 nitrogen and oxygen atoms in total. The van der Waals surface area contributed by atoms with Crippen LogP contribution in [0, 0.1) is 5.41 Å². The first kappa shape index (κ1) is 13.1. The van der Waals surface area contributed by atoms with Gasteiger partial charge in [-0.25, -0.2) is 4.79 Å². The van der Waals surface area contributed by atoms with Crippen LogP contribution in [0.4, 0.5) is 0 Å². The quantitative estimate of drug-likeness (QED) is 0.841. The average Bonchev–Trinajstić information content (AvgIpc) is 2.78. The van der Waals surface area contributed by atoms with Gasteiger partial charge in [-0.1, -0.05) is 31.3 Å². The molecule has 18 heavy (non-hydrogen) atoms. The van der Waals surface area contributed by atoms with E-state index in [2.05, 4.69) is 17.4 Å². The fraction of sp³-hybridized carbons (Fsp3) is 0.692. The Bertz CT molecular complexity index is 408. The van der Waals surface area contributed by atoms with Crippen LogP contribution >= 0.6 is 0 Å². The van der Waals surface area contributed by atoms with Gasteiger partial charge in [-0.05, 0) is 18.3 Å². The first-order valence-corrected chi connectivity index (χ1v) is 6.49. The fourth-order valence-corrected chi connectivity index (χ4v) is 2.57. The zero-order valence-electron chi connectivity index (χ0n) is 10.7. The number of hydrogen-bond acceptors (Lipinski definition) is 4. The highest BCUT2D eigenvalue weighted by molar-refractivity contribution is 5.85. The number of nitrogens with one attached hydrogen (secondary N) is 1. The summed E-state index contributed by atoms with van der Waals surface area (Å²) in [6.07, 6.45) is 6.49. The molecule has 0 spiro atoms. The largest absolute Gasteiger partial charge is 0.476 e. The van der Waals surface area contributed by atoms with Crippen molar-refractivity contribution >= 4 is 5.97 Å². The summed E-state index contributed by atoms with van der Waals surface area (Å²) in [6, 6.07) is 1.47. The summed E-state index contributed by atoms with van der Waals surface area (Å²) in [5, 5.41) is 15.5. The topological polar surface area (TPSA) is 75.4 Å². The van der Waals surface area contributed by atoms with Gasteiger partial charge in [0.25, 0.3) is 0 Å². The van der Waals surface area contributed by atoms with E-state index in [9.17, 15) is 4.79 Å². The Balaban J connectivity index is 1.78. The first-order chi connectivity index (χ1) is 8.59. The Hall–Kier alpha value is -1.36. The third kappa shape index (κ3) is 3.32. The maximum atomic E-state index is 10.6. The molecule has 0 unspecified atom stereocenters. The summed E-state index contributed by atoms with van der Waals surface area (Å²) in [6.45, 7) is 3.79. The molecular formula is C13H20N2O3. The van der Waals surface area contributed by atoms with Gasteiger partial charge in [0.05, 0.1) is 6.54 Å². The maximum absolute atomic E-state index is 10.6. The van der Waals surface area contributed by atoms with E-state index in [-0.39, 0.29) is 5.69 Å². The van der Waals surface area contributed by atoms with Crippen LogP contribution in [0.2, 0.25) is 0 Å². The summed E-state index contributed by atoms with van der Waals surface area (Å²) in [5.41, 5.74) is 0.337. The molecule has 1 aliphatic carbocycles. The summed E-state index contributed by atoms with van der Waals surface area (Å²) in [5.74, 6) is -0.476. The highest BCUT2D eigenvalue weighted by atomic mass is 16.5. The van der Waals surface area contributed by atoms with Crippen LogP contribution in [0.3, 0.4) is 0 Å². The van der Waals surface area contributed by atoms with Gasteiger partial charge in [0.15, 0.2) is 11.5 Å². The normalized spacial score (nSPS) is 18.7. The Morgan fingerprint density at radius 2 is 2.22 bits per heavy atom. The zero-order valence-corrected chi connectivity index (χ0v) is 10.7. The van der Waals surface area contributed by atoms with E-state index < -0.39 is 5.97 Å². The van der Waals surface area contributed by atoms with Gasteiger partial charge in [-0.3, -0.25) is 0 Å². The molecule has 0 bridgehead atoms. The minimum absolute atomic E-state index is 0.0318. The van der Waals surface area contributed by atoms with Gasteiger partial charge in [-0.2, -0.15) is 0 Å². The summed E-state index contributed by atoms with van der Waals surface area (Å²) >= 11 is 0. The van der Waals surface area contributed by atoms with Gasteiger partial charge >= 0.3 is 5.97 Å². The van der Waals surface area contributed by atoms with Crippen molar-refractivity contribution in [2.45, 2.75) is 45.6 Å². The molecule has 0 saturated heterocycles. The van der Waals surface area contributed by atoms with Crippen molar-refractivity contribution in [3.8, 4) is 0 Å². The minimum atomic E-state index is -1.05. The van der Waals surface area contributed by atoms with Crippen LogP contribution in [0.15, 0.2) is 10.6 Å². The summed E-state index contributed by atoms with van der Waals surface area (Å²) in [4.78, 5) is 10.6. The lowest BCUT2D eigenvalue weighted by Crippen LogP contribution is -2.33. The standard InChI is InChI=1S/C13H20N2O3/c1-13(5-3-2-4-6-13)9-14-8-10-7-11(12(16)17)15-18-10/h7,14H,2-6,8-9H2,1H3,(H,16,17). The number of carboxylic acid groups (broad SMARTS) is 1. The molecule has 0 atom stereocenters. The second-order valence-corrected chi connectivity index (χ2v) is 5.46. The highest BCUT2D eigenvalue weighted by Crippen LogP contribution is 2.34. The number of aromatic carboxylic acids is 1. The minimum Gasteiger partial charge on any atom is -0.476 e. The van der Waals surface area contributed by atoms with Gasteiger partial charge in [0.2, 0.25) is 0 Å². The maximum Gasteiger partial charge on any atom is 0.358 e. The Morgan fingerprint density at radius 1 is 1.50 bits per heavy atom. The van der Waals surface area contributed by atoms with Gasteiger partial charge in [-0.15, -0.1) is 0 Å². The lowest BCUT2D eigenvalue weighted by molar-refractivity contribution is 0.0685. The molecule has 0 aliphatic heterocycles. The summed E-state index contributed by atoms with van der Waals surface area (Å²) in [7, 11) is 0.